The SMILES string of the molecule is NCc1cc(OCCC2CCCC2)ccc1Br. The maximum absolute atomic E-state index is 5.79. The van der Waals surface area contributed by atoms with E-state index in [1.807, 2.05) is 18.2 Å². The van der Waals surface area contributed by atoms with Crippen LogP contribution in [0.5, 0.6) is 5.75 Å². The van der Waals surface area contributed by atoms with Gasteiger partial charge in [0, 0.05) is 11.0 Å². The van der Waals surface area contributed by atoms with Crippen molar-refractivity contribution in [3.63, 3.8) is 0 Å². The van der Waals surface area contributed by atoms with Gasteiger partial charge in [-0.1, -0.05) is 41.6 Å². The Hall–Kier alpha value is -0.540. The van der Waals surface area contributed by atoms with Crippen LogP contribution in [0.25, 0.3) is 0 Å². The summed E-state index contributed by atoms with van der Waals surface area (Å²) in [6, 6.07) is 6.03. The predicted molar refractivity (Wildman–Crippen MR) is 74.1 cm³/mol. The number of benzene rings is 1. The van der Waals surface area contributed by atoms with E-state index in [4.69, 9.17) is 10.5 Å². The van der Waals surface area contributed by atoms with Crippen LogP contribution in [0.4, 0.5) is 0 Å². The summed E-state index contributed by atoms with van der Waals surface area (Å²) in [6.45, 7) is 1.37. The predicted octanol–water partition coefficient (Wildman–Crippen LogP) is 3.87. The maximum Gasteiger partial charge on any atom is 0.119 e. The molecule has 2 nitrogen and oxygen atoms in total. The first-order valence-corrected chi connectivity index (χ1v) is 7.20. The maximum atomic E-state index is 5.79. The van der Waals surface area contributed by atoms with Gasteiger partial charge in [0.2, 0.25) is 0 Å². The number of rotatable bonds is 5. The van der Waals surface area contributed by atoms with Gasteiger partial charge in [0.1, 0.15) is 5.75 Å². The molecule has 0 aliphatic heterocycles. The summed E-state index contributed by atoms with van der Waals surface area (Å²) in [6.07, 6.45) is 6.77. The topological polar surface area (TPSA) is 35.2 Å². The van der Waals surface area contributed by atoms with Gasteiger partial charge < -0.3 is 10.5 Å². The van der Waals surface area contributed by atoms with Crippen molar-refractivity contribution in [2.24, 2.45) is 11.7 Å². The van der Waals surface area contributed by atoms with E-state index in [1.165, 1.54) is 32.1 Å². The van der Waals surface area contributed by atoms with Crippen molar-refractivity contribution < 1.29 is 4.74 Å². The Morgan fingerprint density at radius 3 is 2.76 bits per heavy atom. The van der Waals surface area contributed by atoms with E-state index < -0.39 is 0 Å². The minimum atomic E-state index is 0.542. The average Bonchev–Trinajstić information content (AvgIpc) is 2.84. The zero-order valence-electron chi connectivity index (χ0n) is 10.1. The Morgan fingerprint density at radius 1 is 1.29 bits per heavy atom. The Kier molecular flexibility index (Phi) is 4.86. The highest BCUT2D eigenvalue weighted by Crippen LogP contribution is 2.28. The molecule has 2 rings (SSSR count). The lowest BCUT2D eigenvalue weighted by atomic mass is 10.1. The molecule has 0 atom stereocenters. The van der Waals surface area contributed by atoms with Crippen LogP contribution in [-0.2, 0) is 6.54 Å². The number of hydrogen-bond acceptors (Lipinski definition) is 2. The lowest BCUT2D eigenvalue weighted by molar-refractivity contribution is 0.279. The molecule has 0 unspecified atom stereocenters. The number of nitrogens with two attached hydrogens (primary N) is 1. The third-order valence-corrected chi connectivity index (χ3v) is 4.28. The molecule has 2 N–H and O–H groups in total. The molecule has 3 heteroatoms. The fourth-order valence-corrected chi connectivity index (χ4v) is 2.85. The van der Waals surface area contributed by atoms with Crippen LogP contribution >= 0.6 is 15.9 Å². The Balaban J connectivity index is 1.81. The molecule has 1 aliphatic rings. The minimum absolute atomic E-state index is 0.542. The Labute approximate surface area is 112 Å². The highest BCUT2D eigenvalue weighted by atomic mass is 79.9. The number of hydrogen-bond donors (Lipinski definition) is 1. The van der Waals surface area contributed by atoms with Crippen molar-refractivity contribution in [3.05, 3.63) is 28.2 Å². The van der Waals surface area contributed by atoms with Gasteiger partial charge in [-0.05, 0) is 36.1 Å². The van der Waals surface area contributed by atoms with Gasteiger partial charge in [-0.3, -0.25) is 0 Å². The van der Waals surface area contributed by atoms with Gasteiger partial charge in [0.15, 0.2) is 0 Å². The highest BCUT2D eigenvalue weighted by molar-refractivity contribution is 9.10. The Morgan fingerprint density at radius 2 is 2.06 bits per heavy atom. The lowest BCUT2D eigenvalue weighted by Crippen LogP contribution is -2.04. The van der Waals surface area contributed by atoms with Crippen molar-refractivity contribution in [1.29, 1.82) is 0 Å². The third kappa shape index (κ3) is 3.71. The van der Waals surface area contributed by atoms with Crippen LogP contribution < -0.4 is 10.5 Å². The first kappa shape index (κ1) is 12.9. The molecule has 1 saturated carbocycles. The van der Waals surface area contributed by atoms with Crippen molar-refractivity contribution in [2.75, 3.05) is 6.61 Å². The summed E-state index contributed by atoms with van der Waals surface area (Å²) in [5, 5.41) is 0. The van der Waals surface area contributed by atoms with E-state index >= 15 is 0 Å². The van der Waals surface area contributed by atoms with E-state index in [2.05, 4.69) is 15.9 Å². The molecule has 0 saturated heterocycles. The summed E-state index contributed by atoms with van der Waals surface area (Å²) in [5.74, 6) is 1.83. The second kappa shape index (κ2) is 6.41. The highest BCUT2D eigenvalue weighted by Gasteiger charge is 2.14. The molecule has 1 fully saturated rings. The molecule has 0 amide bonds. The molecule has 1 aromatic carbocycles. The Bertz CT molecular complexity index is 361. The molecular formula is C14H20BrNO. The minimum Gasteiger partial charge on any atom is -0.494 e. The standard InChI is InChI=1S/C14H20BrNO/c15-14-6-5-13(9-12(14)10-16)17-8-7-11-3-1-2-4-11/h5-6,9,11H,1-4,7-8,10,16H2. The summed E-state index contributed by atoms with van der Waals surface area (Å²) < 4.78 is 6.85. The molecular weight excluding hydrogens is 278 g/mol. The normalized spacial score (nSPS) is 16.4. The molecule has 0 aromatic heterocycles. The van der Waals surface area contributed by atoms with E-state index in [0.717, 1.165) is 28.3 Å². The smallest absolute Gasteiger partial charge is 0.119 e. The average molecular weight is 298 g/mol. The molecule has 0 heterocycles. The molecule has 94 valence electrons. The second-order valence-corrected chi connectivity index (χ2v) is 5.60. The first-order valence-electron chi connectivity index (χ1n) is 6.41. The van der Waals surface area contributed by atoms with Crippen LogP contribution in [-0.4, -0.2) is 6.61 Å². The van der Waals surface area contributed by atoms with Crippen molar-refractivity contribution in [3.8, 4) is 5.75 Å². The molecule has 17 heavy (non-hydrogen) atoms. The van der Waals surface area contributed by atoms with E-state index in [9.17, 15) is 0 Å². The van der Waals surface area contributed by atoms with Crippen LogP contribution in [0.1, 0.15) is 37.7 Å². The lowest BCUT2D eigenvalue weighted by Gasteiger charge is -2.11. The zero-order valence-corrected chi connectivity index (χ0v) is 11.7. The fraction of sp³-hybridized carbons (Fsp3) is 0.571. The molecule has 1 aromatic rings. The van der Waals surface area contributed by atoms with E-state index in [-0.39, 0.29) is 0 Å². The van der Waals surface area contributed by atoms with Crippen LogP contribution in [0.2, 0.25) is 0 Å². The van der Waals surface area contributed by atoms with Crippen molar-refractivity contribution in [1.82, 2.24) is 0 Å². The largest absolute Gasteiger partial charge is 0.494 e. The van der Waals surface area contributed by atoms with Gasteiger partial charge in [0.05, 0.1) is 6.61 Å². The summed E-state index contributed by atoms with van der Waals surface area (Å²) >= 11 is 3.48. The van der Waals surface area contributed by atoms with Crippen molar-refractivity contribution >= 4 is 15.9 Å². The van der Waals surface area contributed by atoms with E-state index in [1.54, 1.807) is 0 Å². The number of halogens is 1. The van der Waals surface area contributed by atoms with E-state index in [0.29, 0.717) is 6.54 Å². The first-order chi connectivity index (χ1) is 8.29. The van der Waals surface area contributed by atoms with Gasteiger partial charge in [-0.25, -0.2) is 0 Å². The zero-order chi connectivity index (χ0) is 12.1. The van der Waals surface area contributed by atoms with Gasteiger partial charge in [-0.2, -0.15) is 0 Å². The third-order valence-electron chi connectivity index (χ3n) is 3.51. The van der Waals surface area contributed by atoms with Crippen molar-refractivity contribution in [2.45, 2.75) is 38.6 Å². The second-order valence-electron chi connectivity index (χ2n) is 4.74. The molecule has 0 radical (unpaired) electrons. The fourth-order valence-electron chi connectivity index (χ4n) is 2.44. The quantitative estimate of drug-likeness (QED) is 0.895. The van der Waals surface area contributed by atoms with Crippen LogP contribution in [0.3, 0.4) is 0 Å². The monoisotopic (exact) mass is 297 g/mol. The summed E-state index contributed by atoms with van der Waals surface area (Å²) in [7, 11) is 0. The van der Waals surface area contributed by atoms with Crippen LogP contribution in [0, 0.1) is 5.92 Å². The summed E-state index contributed by atoms with van der Waals surface area (Å²) in [5.41, 5.74) is 6.76. The number of ether oxygens (including phenoxy) is 1. The van der Waals surface area contributed by atoms with Gasteiger partial charge in [-0.15, -0.1) is 0 Å². The molecule has 0 bridgehead atoms. The van der Waals surface area contributed by atoms with Gasteiger partial charge >= 0.3 is 0 Å². The summed E-state index contributed by atoms with van der Waals surface area (Å²) in [4.78, 5) is 0. The molecule has 0 spiro atoms. The van der Waals surface area contributed by atoms with Gasteiger partial charge in [0.25, 0.3) is 0 Å². The van der Waals surface area contributed by atoms with Crippen LogP contribution in [0.15, 0.2) is 22.7 Å². The molecule has 1 aliphatic carbocycles.